The van der Waals surface area contributed by atoms with E-state index in [9.17, 15) is 5.11 Å². The number of aliphatic hydroxyl groups is 1. The highest BCUT2D eigenvalue weighted by Gasteiger charge is 2.12. The van der Waals surface area contributed by atoms with E-state index in [-0.39, 0.29) is 6.61 Å². The lowest BCUT2D eigenvalue weighted by molar-refractivity contribution is 0.0919. The molecule has 3 N–H and O–H groups in total. The van der Waals surface area contributed by atoms with Crippen LogP contribution in [0.5, 0.6) is 5.75 Å². The van der Waals surface area contributed by atoms with E-state index in [1.165, 1.54) is 0 Å². The van der Waals surface area contributed by atoms with Crippen LogP contribution in [0.1, 0.15) is 25.6 Å². The van der Waals surface area contributed by atoms with Crippen molar-refractivity contribution in [2.75, 3.05) is 12.3 Å². The van der Waals surface area contributed by atoms with Gasteiger partial charge in [0.1, 0.15) is 24.3 Å². The fraction of sp³-hybridized carbons (Fsp3) is 0.400. The minimum Gasteiger partial charge on any atom is -0.489 e. The van der Waals surface area contributed by atoms with Gasteiger partial charge in [0, 0.05) is 18.3 Å². The summed E-state index contributed by atoms with van der Waals surface area (Å²) in [4.78, 5) is 4.29. The summed E-state index contributed by atoms with van der Waals surface area (Å²) in [6.45, 7) is 4.81. The van der Waals surface area contributed by atoms with Gasteiger partial charge in [0.05, 0.1) is 12.2 Å². The lowest BCUT2D eigenvalue weighted by Crippen LogP contribution is -2.24. The number of imidazole rings is 1. The van der Waals surface area contributed by atoms with E-state index in [1.807, 2.05) is 22.9 Å². The van der Waals surface area contributed by atoms with Crippen molar-refractivity contribution < 1.29 is 9.84 Å². The smallest absolute Gasteiger partial charge is 0.142 e. The standard InChI is InChI=1S/C15H21N3O2/c1-11(2)15-17-7-8-18(15)9-12(19)10-20-14-6-4-3-5-13(14)16/h3-8,11-12,19H,9-10,16H2,1-2H3. The average Bonchev–Trinajstić information content (AvgIpc) is 2.86. The maximum atomic E-state index is 10.1. The molecule has 5 heteroatoms. The average molecular weight is 275 g/mol. The Labute approximate surface area is 119 Å². The van der Waals surface area contributed by atoms with Crippen molar-refractivity contribution in [1.82, 2.24) is 9.55 Å². The lowest BCUT2D eigenvalue weighted by atomic mass is 10.2. The number of aliphatic hydroxyl groups excluding tert-OH is 1. The number of benzene rings is 1. The minimum atomic E-state index is -0.610. The summed E-state index contributed by atoms with van der Waals surface area (Å²) in [7, 11) is 0. The van der Waals surface area contributed by atoms with Gasteiger partial charge in [-0.2, -0.15) is 0 Å². The highest BCUT2D eigenvalue weighted by molar-refractivity contribution is 5.51. The van der Waals surface area contributed by atoms with Gasteiger partial charge in [0.2, 0.25) is 0 Å². The molecule has 20 heavy (non-hydrogen) atoms. The van der Waals surface area contributed by atoms with Crippen molar-refractivity contribution in [2.45, 2.75) is 32.4 Å². The van der Waals surface area contributed by atoms with Crippen molar-refractivity contribution in [3.63, 3.8) is 0 Å². The van der Waals surface area contributed by atoms with Crippen molar-refractivity contribution in [2.24, 2.45) is 0 Å². The molecule has 1 heterocycles. The van der Waals surface area contributed by atoms with Gasteiger partial charge in [-0.25, -0.2) is 4.98 Å². The molecule has 2 aromatic rings. The maximum Gasteiger partial charge on any atom is 0.142 e. The van der Waals surface area contributed by atoms with Gasteiger partial charge < -0.3 is 20.1 Å². The molecule has 108 valence electrons. The Kier molecular flexibility index (Phi) is 4.63. The minimum absolute atomic E-state index is 0.198. The third-order valence-corrected chi connectivity index (χ3v) is 3.02. The van der Waals surface area contributed by atoms with E-state index in [4.69, 9.17) is 10.5 Å². The third-order valence-electron chi connectivity index (χ3n) is 3.02. The van der Waals surface area contributed by atoms with E-state index in [2.05, 4.69) is 18.8 Å². The fourth-order valence-electron chi connectivity index (χ4n) is 2.05. The van der Waals surface area contributed by atoms with Gasteiger partial charge in [0.15, 0.2) is 0 Å². The first-order chi connectivity index (χ1) is 9.58. The van der Waals surface area contributed by atoms with Gasteiger partial charge >= 0.3 is 0 Å². The number of hydrogen-bond donors (Lipinski definition) is 2. The number of para-hydroxylation sites is 2. The topological polar surface area (TPSA) is 73.3 Å². The molecule has 0 saturated heterocycles. The summed E-state index contributed by atoms with van der Waals surface area (Å²) >= 11 is 0. The molecule has 1 unspecified atom stereocenters. The molecule has 0 aliphatic rings. The Morgan fingerprint density at radius 3 is 2.80 bits per heavy atom. The molecular weight excluding hydrogens is 254 g/mol. The second kappa shape index (κ2) is 6.43. The molecule has 2 rings (SSSR count). The number of aromatic nitrogens is 2. The number of rotatable bonds is 6. The predicted molar refractivity (Wildman–Crippen MR) is 78.7 cm³/mol. The molecule has 5 nitrogen and oxygen atoms in total. The normalized spacial score (nSPS) is 12.6. The summed E-state index contributed by atoms with van der Waals surface area (Å²) in [6.07, 6.45) is 3.01. The van der Waals surface area contributed by atoms with E-state index >= 15 is 0 Å². The molecule has 0 saturated carbocycles. The zero-order valence-corrected chi connectivity index (χ0v) is 11.9. The summed E-state index contributed by atoms with van der Waals surface area (Å²) in [5, 5.41) is 10.1. The summed E-state index contributed by atoms with van der Waals surface area (Å²) in [6, 6.07) is 7.26. The molecule has 1 aromatic heterocycles. The van der Waals surface area contributed by atoms with Crippen LogP contribution in [-0.2, 0) is 6.54 Å². The lowest BCUT2D eigenvalue weighted by Gasteiger charge is -2.16. The van der Waals surface area contributed by atoms with Gasteiger partial charge in [0.25, 0.3) is 0 Å². The first-order valence-electron chi connectivity index (χ1n) is 6.74. The van der Waals surface area contributed by atoms with Crippen molar-refractivity contribution in [3.05, 3.63) is 42.5 Å². The molecule has 1 atom stereocenters. The summed E-state index contributed by atoms with van der Waals surface area (Å²) < 4.78 is 7.49. The Bertz CT molecular complexity index is 552. The van der Waals surface area contributed by atoms with Crippen LogP contribution in [0, 0.1) is 0 Å². The van der Waals surface area contributed by atoms with Crippen LogP contribution < -0.4 is 10.5 Å². The predicted octanol–water partition coefficient (Wildman–Crippen LogP) is 2.03. The van der Waals surface area contributed by atoms with Crippen LogP contribution in [-0.4, -0.2) is 27.4 Å². The number of anilines is 1. The van der Waals surface area contributed by atoms with E-state index in [0.717, 1.165) is 5.82 Å². The van der Waals surface area contributed by atoms with Crippen LogP contribution in [0.15, 0.2) is 36.7 Å². The highest BCUT2D eigenvalue weighted by atomic mass is 16.5. The largest absolute Gasteiger partial charge is 0.489 e. The van der Waals surface area contributed by atoms with Gasteiger partial charge in [-0.05, 0) is 12.1 Å². The van der Waals surface area contributed by atoms with Crippen LogP contribution >= 0.6 is 0 Å². The Hall–Kier alpha value is -2.01. The number of nitrogen functional groups attached to an aromatic ring is 1. The van der Waals surface area contributed by atoms with Crippen LogP contribution in [0.3, 0.4) is 0 Å². The quantitative estimate of drug-likeness (QED) is 0.791. The molecule has 0 aliphatic heterocycles. The zero-order valence-electron chi connectivity index (χ0n) is 11.9. The van der Waals surface area contributed by atoms with Crippen LogP contribution in [0.4, 0.5) is 5.69 Å². The second-order valence-electron chi connectivity index (χ2n) is 5.10. The summed E-state index contributed by atoms with van der Waals surface area (Å²) in [5.74, 6) is 1.88. The molecule has 0 fully saturated rings. The van der Waals surface area contributed by atoms with Gasteiger partial charge in [-0.3, -0.25) is 0 Å². The summed E-state index contributed by atoms with van der Waals surface area (Å²) in [5.41, 5.74) is 6.36. The Balaban J connectivity index is 1.91. The fourth-order valence-corrected chi connectivity index (χ4v) is 2.05. The van der Waals surface area contributed by atoms with Gasteiger partial charge in [-0.15, -0.1) is 0 Å². The van der Waals surface area contributed by atoms with Crippen molar-refractivity contribution in [1.29, 1.82) is 0 Å². The molecule has 0 amide bonds. The number of ether oxygens (including phenoxy) is 1. The van der Waals surface area contributed by atoms with Crippen molar-refractivity contribution >= 4 is 5.69 Å². The Morgan fingerprint density at radius 1 is 1.35 bits per heavy atom. The zero-order chi connectivity index (χ0) is 14.5. The van der Waals surface area contributed by atoms with Gasteiger partial charge in [-0.1, -0.05) is 26.0 Å². The van der Waals surface area contributed by atoms with Crippen LogP contribution in [0.25, 0.3) is 0 Å². The molecule has 1 aromatic carbocycles. The monoisotopic (exact) mass is 275 g/mol. The second-order valence-corrected chi connectivity index (χ2v) is 5.10. The molecular formula is C15H21N3O2. The molecule has 0 aliphatic carbocycles. The number of nitrogens with zero attached hydrogens (tertiary/aromatic N) is 2. The van der Waals surface area contributed by atoms with Crippen molar-refractivity contribution in [3.8, 4) is 5.75 Å². The molecule has 0 bridgehead atoms. The maximum absolute atomic E-state index is 10.1. The first kappa shape index (κ1) is 14.4. The highest BCUT2D eigenvalue weighted by Crippen LogP contribution is 2.20. The van der Waals surface area contributed by atoms with E-state index in [1.54, 1.807) is 18.3 Å². The SMILES string of the molecule is CC(C)c1nccn1CC(O)COc1ccccc1N. The van der Waals surface area contributed by atoms with E-state index < -0.39 is 6.10 Å². The third kappa shape index (κ3) is 3.51. The first-order valence-corrected chi connectivity index (χ1v) is 6.74. The Morgan fingerprint density at radius 2 is 2.10 bits per heavy atom. The van der Waals surface area contributed by atoms with E-state index in [0.29, 0.717) is 23.9 Å². The number of hydrogen-bond acceptors (Lipinski definition) is 4. The van der Waals surface area contributed by atoms with Crippen LogP contribution in [0.2, 0.25) is 0 Å². The molecule has 0 radical (unpaired) electrons. The molecule has 0 spiro atoms. The number of nitrogens with two attached hydrogens (primary N) is 1.